The third-order valence-corrected chi connectivity index (χ3v) is 6.65. The lowest BCUT2D eigenvalue weighted by molar-refractivity contribution is -0.191. The van der Waals surface area contributed by atoms with Crippen molar-refractivity contribution in [3.05, 3.63) is 58.7 Å². The number of hydrogen-bond acceptors (Lipinski definition) is 1. The Morgan fingerprint density at radius 3 is 1.82 bits per heavy atom. The molecule has 0 unspecified atom stereocenters. The van der Waals surface area contributed by atoms with Gasteiger partial charge >= 0.3 is 16.3 Å². The van der Waals surface area contributed by atoms with Crippen molar-refractivity contribution >= 4 is 10.2 Å². The molecule has 1 saturated carbocycles. The maximum atomic E-state index is 14.4. The molecule has 186 valence electrons. The number of ether oxygens (including phenoxy) is 1. The highest BCUT2D eigenvalue weighted by Crippen LogP contribution is 3.02. The predicted molar refractivity (Wildman–Crippen MR) is 99.0 cm³/mol. The SMILES string of the molecule is CC1CCC(c2cc(F)c(C(F)(F)Oc3ccc(S(F)(F)(F)(F)F)c(F)c3F)c(F)c2)CC1. The number of benzene rings is 2. The van der Waals surface area contributed by atoms with Crippen LogP contribution in [0.1, 0.15) is 49.7 Å². The number of rotatable bonds is 5. The van der Waals surface area contributed by atoms with Crippen LogP contribution in [0.3, 0.4) is 0 Å². The normalized spacial score (nSPS) is 21.9. The summed E-state index contributed by atoms with van der Waals surface area (Å²) >= 11 is 0. The van der Waals surface area contributed by atoms with Gasteiger partial charge in [0.2, 0.25) is 5.82 Å². The van der Waals surface area contributed by atoms with Crippen LogP contribution in [0, 0.1) is 29.2 Å². The molecule has 0 aliphatic heterocycles. The Kier molecular flexibility index (Phi) is 5.71. The van der Waals surface area contributed by atoms with Crippen molar-refractivity contribution in [3.8, 4) is 5.75 Å². The van der Waals surface area contributed by atoms with E-state index in [4.69, 9.17) is 0 Å². The Morgan fingerprint density at radius 1 is 0.818 bits per heavy atom. The molecule has 0 saturated heterocycles. The van der Waals surface area contributed by atoms with Gasteiger partial charge in [-0.05, 0) is 54.5 Å². The van der Waals surface area contributed by atoms with Gasteiger partial charge in [-0.25, -0.2) is 13.2 Å². The van der Waals surface area contributed by atoms with Crippen molar-refractivity contribution in [2.75, 3.05) is 0 Å². The predicted octanol–water partition coefficient (Wildman–Crippen LogP) is 9.32. The molecule has 1 aliphatic carbocycles. The quantitative estimate of drug-likeness (QED) is 0.361. The van der Waals surface area contributed by atoms with Crippen LogP contribution < -0.4 is 4.74 Å². The largest absolute Gasteiger partial charge is 0.432 e. The molecular formula is C20H17F11OS. The van der Waals surface area contributed by atoms with Gasteiger partial charge in [-0.15, -0.1) is 0 Å². The summed E-state index contributed by atoms with van der Waals surface area (Å²) in [6, 6.07) is 0.271. The van der Waals surface area contributed by atoms with Crippen molar-refractivity contribution in [2.24, 2.45) is 5.92 Å². The van der Waals surface area contributed by atoms with E-state index < -0.39 is 61.9 Å². The average Bonchev–Trinajstić information content (AvgIpc) is 2.63. The van der Waals surface area contributed by atoms with Gasteiger partial charge in [-0.3, -0.25) is 0 Å². The highest BCUT2D eigenvalue weighted by Gasteiger charge is 2.67. The smallest absolute Gasteiger partial charge is 0.425 e. The molecule has 1 aliphatic rings. The van der Waals surface area contributed by atoms with Crippen LogP contribution in [0.15, 0.2) is 29.2 Å². The van der Waals surface area contributed by atoms with Gasteiger partial charge in [-0.1, -0.05) is 39.2 Å². The fourth-order valence-electron chi connectivity index (χ4n) is 3.78. The molecule has 0 bridgehead atoms. The monoisotopic (exact) mass is 514 g/mol. The lowest BCUT2D eigenvalue weighted by Crippen LogP contribution is -2.26. The van der Waals surface area contributed by atoms with Crippen LogP contribution in [-0.2, 0) is 6.11 Å². The van der Waals surface area contributed by atoms with E-state index in [1.165, 1.54) is 0 Å². The third-order valence-electron chi connectivity index (χ3n) is 5.51. The van der Waals surface area contributed by atoms with Crippen molar-refractivity contribution in [3.63, 3.8) is 0 Å². The van der Waals surface area contributed by atoms with Crippen LogP contribution in [0.2, 0.25) is 0 Å². The summed E-state index contributed by atoms with van der Waals surface area (Å²) in [4.78, 5) is -3.29. The van der Waals surface area contributed by atoms with Gasteiger partial charge in [0, 0.05) is 0 Å². The lowest BCUT2D eigenvalue weighted by Gasteiger charge is -2.40. The van der Waals surface area contributed by atoms with Crippen molar-refractivity contribution in [2.45, 2.75) is 49.5 Å². The summed E-state index contributed by atoms with van der Waals surface area (Å²) in [5.74, 6) is -11.4. The molecule has 1 nitrogen and oxygen atoms in total. The average molecular weight is 514 g/mol. The Hall–Kier alpha value is -2.18. The van der Waals surface area contributed by atoms with Gasteiger partial charge in [0.25, 0.3) is 0 Å². The molecule has 13 heteroatoms. The second kappa shape index (κ2) is 7.41. The molecular weight excluding hydrogens is 497 g/mol. The van der Waals surface area contributed by atoms with Crippen LogP contribution in [0.25, 0.3) is 0 Å². The lowest BCUT2D eigenvalue weighted by atomic mass is 9.79. The van der Waals surface area contributed by atoms with Crippen molar-refractivity contribution in [1.82, 2.24) is 0 Å². The Bertz CT molecular complexity index is 1050. The van der Waals surface area contributed by atoms with Crippen LogP contribution in [-0.4, -0.2) is 0 Å². The highest BCUT2D eigenvalue weighted by molar-refractivity contribution is 8.45. The van der Waals surface area contributed by atoms with E-state index in [-0.39, 0.29) is 17.5 Å². The summed E-state index contributed by atoms with van der Waals surface area (Å²) in [5, 5.41) is 0. The third kappa shape index (κ3) is 5.33. The van der Waals surface area contributed by atoms with E-state index in [1.54, 1.807) is 0 Å². The van der Waals surface area contributed by atoms with Crippen LogP contribution >= 0.6 is 10.2 Å². The van der Waals surface area contributed by atoms with Gasteiger partial charge in [0.1, 0.15) is 22.1 Å². The fraction of sp³-hybridized carbons (Fsp3) is 0.400. The Labute approximate surface area is 181 Å². The van der Waals surface area contributed by atoms with E-state index in [0.29, 0.717) is 30.9 Å². The minimum atomic E-state index is -10.7. The number of alkyl halides is 2. The second-order valence-electron chi connectivity index (χ2n) is 8.09. The van der Waals surface area contributed by atoms with Crippen LogP contribution in [0.5, 0.6) is 5.75 Å². The Morgan fingerprint density at radius 2 is 1.33 bits per heavy atom. The first-order valence-electron chi connectivity index (χ1n) is 9.58. The molecule has 0 N–H and O–H groups in total. The molecule has 0 radical (unpaired) electrons. The van der Waals surface area contributed by atoms with Gasteiger partial charge < -0.3 is 4.74 Å². The molecule has 0 atom stereocenters. The maximum Gasteiger partial charge on any atom is 0.432 e. The van der Waals surface area contributed by atoms with Gasteiger partial charge in [0.15, 0.2) is 11.6 Å². The standard InChI is InChI=1S/C20H17F11OS/c1-10-2-4-11(5-3-10)12-8-13(21)17(14(22)9-12)20(25,26)32-15-6-7-16(19(24)18(15)23)33(27,28,29,30)31/h6-11H,2-5H2,1H3. The van der Waals surface area contributed by atoms with Crippen molar-refractivity contribution in [1.29, 1.82) is 0 Å². The van der Waals surface area contributed by atoms with E-state index in [9.17, 15) is 45.8 Å². The fourth-order valence-corrected chi connectivity index (χ4v) is 4.53. The first-order valence-corrected chi connectivity index (χ1v) is 11.5. The van der Waals surface area contributed by atoms with Gasteiger partial charge in [-0.2, -0.15) is 13.2 Å². The zero-order valence-electron chi connectivity index (χ0n) is 16.8. The molecule has 0 amide bonds. The number of halogens is 11. The highest BCUT2D eigenvalue weighted by atomic mass is 32.5. The maximum absolute atomic E-state index is 14.4. The number of hydrogen-bond donors (Lipinski definition) is 0. The van der Waals surface area contributed by atoms with Crippen LogP contribution in [0.4, 0.5) is 45.8 Å². The Balaban J connectivity index is 1.95. The molecule has 0 aromatic heterocycles. The topological polar surface area (TPSA) is 9.23 Å². The molecule has 2 aromatic carbocycles. The minimum absolute atomic E-state index is 0.105. The van der Waals surface area contributed by atoms with E-state index in [2.05, 4.69) is 4.74 Å². The second-order valence-corrected chi connectivity index (χ2v) is 10.5. The van der Waals surface area contributed by atoms with E-state index >= 15 is 0 Å². The van der Waals surface area contributed by atoms with E-state index in [0.717, 1.165) is 12.8 Å². The molecule has 2 aromatic rings. The zero-order valence-corrected chi connectivity index (χ0v) is 17.6. The first kappa shape index (κ1) is 25.4. The summed E-state index contributed by atoms with van der Waals surface area (Å²) < 4.78 is 153. The minimum Gasteiger partial charge on any atom is -0.425 e. The van der Waals surface area contributed by atoms with Crippen molar-refractivity contribution < 1.29 is 50.5 Å². The molecule has 1 fully saturated rings. The summed E-state index contributed by atoms with van der Waals surface area (Å²) in [6.07, 6.45) is -2.37. The summed E-state index contributed by atoms with van der Waals surface area (Å²) in [7, 11) is -10.7. The molecule has 33 heavy (non-hydrogen) atoms. The molecule has 3 rings (SSSR count). The summed E-state index contributed by atoms with van der Waals surface area (Å²) in [5.41, 5.74) is -1.89. The molecule has 0 heterocycles. The van der Waals surface area contributed by atoms with Gasteiger partial charge in [0.05, 0.1) is 0 Å². The summed E-state index contributed by atoms with van der Waals surface area (Å²) in [6.45, 7) is 1.99. The van der Waals surface area contributed by atoms with E-state index in [1.807, 2.05) is 6.92 Å². The zero-order chi connectivity index (χ0) is 25.0. The molecule has 0 spiro atoms. The first-order chi connectivity index (χ1) is 14.8.